The zero-order valence-electron chi connectivity index (χ0n) is 8.86. The van der Waals surface area contributed by atoms with Crippen LogP contribution in [0.5, 0.6) is 0 Å². The minimum absolute atomic E-state index is 1.22. The summed E-state index contributed by atoms with van der Waals surface area (Å²) < 4.78 is 0. The van der Waals surface area contributed by atoms with Gasteiger partial charge in [-0.05, 0) is 40.0 Å². The van der Waals surface area contributed by atoms with Crippen LogP contribution in [0.4, 0.5) is 0 Å². The summed E-state index contributed by atoms with van der Waals surface area (Å²) in [5.74, 6) is 2.61. The van der Waals surface area contributed by atoms with E-state index in [1.165, 1.54) is 24.6 Å². The monoisotopic (exact) mass is 407 g/mol. The molecule has 0 amide bonds. The van der Waals surface area contributed by atoms with E-state index in [0.717, 1.165) is 0 Å². The molecular formula is C8H21ClN2PtS+2. The van der Waals surface area contributed by atoms with Crippen LogP contribution in [0.2, 0.25) is 0 Å². The van der Waals surface area contributed by atoms with Crippen LogP contribution in [0.1, 0.15) is 0 Å². The quantitative estimate of drug-likeness (QED) is 0.362. The zero-order valence-corrected chi connectivity index (χ0v) is 12.8. The Labute approximate surface area is 102 Å². The molecule has 0 aromatic rings. The predicted octanol–water partition coefficient (Wildman–Crippen LogP) is 0.612. The van der Waals surface area contributed by atoms with E-state index in [1.54, 1.807) is 30.5 Å². The van der Waals surface area contributed by atoms with Crippen LogP contribution in [0.3, 0.4) is 0 Å². The molecule has 0 aliphatic rings. The molecule has 0 aromatic carbocycles. The van der Waals surface area contributed by atoms with Crippen molar-refractivity contribution in [2.75, 3.05) is 52.8 Å². The first-order chi connectivity index (χ1) is 6.13. The fourth-order valence-electron chi connectivity index (χ4n) is 0.653. The number of rotatable bonds is 6. The molecule has 2 nitrogen and oxygen atoms in total. The van der Waals surface area contributed by atoms with Gasteiger partial charge in [0.1, 0.15) is 11.5 Å². The minimum atomic E-state index is 1.22. The first-order valence-corrected chi connectivity index (χ1v) is 8.25. The van der Waals surface area contributed by atoms with Crippen molar-refractivity contribution in [2.24, 2.45) is 0 Å². The number of nitrogens with zero attached hydrogens (tertiary/aromatic N) is 2. The summed E-state index contributed by atoms with van der Waals surface area (Å²) in [7, 11) is 13.1. The van der Waals surface area contributed by atoms with Gasteiger partial charge in [-0.1, -0.05) is 0 Å². The van der Waals surface area contributed by atoms with Gasteiger partial charge < -0.3 is 9.80 Å². The van der Waals surface area contributed by atoms with Crippen molar-refractivity contribution in [2.45, 2.75) is 0 Å². The topological polar surface area (TPSA) is 6.48 Å². The maximum absolute atomic E-state index is 4.61. The summed E-state index contributed by atoms with van der Waals surface area (Å²) in [5, 5.41) is 0. The molecule has 0 heterocycles. The second kappa shape index (κ2) is 13.2. The molecule has 0 saturated heterocycles. The van der Waals surface area contributed by atoms with Crippen LogP contribution in [0.25, 0.3) is 0 Å². The molecule has 0 saturated carbocycles. The Morgan fingerprint density at radius 2 is 1.23 bits per heavy atom. The van der Waals surface area contributed by atoms with Crippen molar-refractivity contribution in [1.82, 2.24) is 9.80 Å². The van der Waals surface area contributed by atoms with Crippen molar-refractivity contribution in [3.63, 3.8) is 0 Å². The van der Waals surface area contributed by atoms with Crippen LogP contribution >= 0.6 is 9.42 Å². The van der Waals surface area contributed by atoms with E-state index >= 15 is 0 Å². The molecule has 0 aliphatic carbocycles. The molecular weight excluding hydrogens is 387 g/mol. The molecule has 0 spiro atoms. The number of hydrogen-bond donors (Lipinski definition) is 0. The molecule has 0 unspecified atom stereocenters. The van der Waals surface area contributed by atoms with Crippen molar-refractivity contribution >= 4 is 21.2 Å². The second-order valence-electron chi connectivity index (χ2n) is 3.28. The van der Waals surface area contributed by atoms with Gasteiger partial charge in [-0.15, -0.1) is 0 Å². The fraction of sp³-hybridized carbons (Fsp3) is 1.00. The molecule has 0 N–H and O–H groups in total. The van der Waals surface area contributed by atoms with E-state index in [4.69, 9.17) is 0 Å². The SMILES string of the molecule is CN(C)CC[SH+]CCN(C)C.[Cl][Pt+]. The van der Waals surface area contributed by atoms with Gasteiger partial charge in [0.15, 0.2) is 0 Å². The molecule has 0 bridgehead atoms. The van der Waals surface area contributed by atoms with E-state index in [2.05, 4.69) is 47.4 Å². The predicted molar refractivity (Wildman–Crippen MR) is 61.5 cm³/mol. The van der Waals surface area contributed by atoms with Gasteiger partial charge in [-0.25, -0.2) is 0 Å². The Balaban J connectivity index is 0. The van der Waals surface area contributed by atoms with Crippen LogP contribution in [-0.2, 0) is 30.5 Å². The van der Waals surface area contributed by atoms with Crippen LogP contribution in [0, 0.1) is 0 Å². The summed E-state index contributed by atoms with van der Waals surface area (Å²) in [6, 6.07) is 0. The third kappa shape index (κ3) is 19.6. The Morgan fingerprint density at radius 1 is 0.923 bits per heavy atom. The van der Waals surface area contributed by atoms with E-state index in [9.17, 15) is 0 Å². The summed E-state index contributed by atoms with van der Waals surface area (Å²) in [6.45, 7) is 2.43. The molecule has 0 radical (unpaired) electrons. The van der Waals surface area contributed by atoms with Crippen LogP contribution in [-0.4, -0.2) is 62.6 Å². The fourth-order valence-corrected chi connectivity index (χ4v) is 1.96. The third-order valence-electron chi connectivity index (χ3n) is 1.41. The summed E-state index contributed by atoms with van der Waals surface area (Å²) in [6.07, 6.45) is 0. The van der Waals surface area contributed by atoms with Crippen molar-refractivity contribution in [1.29, 1.82) is 0 Å². The summed E-state index contributed by atoms with van der Waals surface area (Å²) in [4.78, 5) is 4.48. The van der Waals surface area contributed by atoms with E-state index in [0.29, 0.717) is 0 Å². The molecule has 13 heavy (non-hydrogen) atoms. The van der Waals surface area contributed by atoms with Crippen molar-refractivity contribution in [3.8, 4) is 0 Å². The zero-order chi connectivity index (χ0) is 10.7. The number of thiol groups is 1. The van der Waals surface area contributed by atoms with Gasteiger partial charge in [0.25, 0.3) is 0 Å². The normalized spacial score (nSPS) is 10.2. The molecule has 5 heteroatoms. The molecule has 0 rings (SSSR count). The second-order valence-corrected chi connectivity index (χ2v) is 4.62. The van der Waals surface area contributed by atoms with Gasteiger partial charge in [0, 0.05) is 13.1 Å². The first-order valence-electron chi connectivity index (χ1n) is 4.17. The van der Waals surface area contributed by atoms with Crippen molar-refractivity contribution in [3.05, 3.63) is 0 Å². The molecule has 0 atom stereocenters. The molecule has 0 aliphatic heterocycles. The number of halogens is 1. The van der Waals surface area contributed by atoms with Gasteiger partial charge >= 0.3 is 28.2 Å². The first kappa shape index (κ1) is 16.7. The maximum atomic E-state index is 4.61. The Kier molecular flexibility index (Phi) is 17.0. The van der Waals surface area contributed by atoms with E-state index < -0.39 is 0 Å². The van der Waals surface area contributed by atoms with Gasteiger partial charge in [0.05, 0.1) is 0 Å². The number of hydrogen-bond acceptors (Lipinski definition) is 2. The molecule has 0 fully saturated rings. The van der Waals surface area contributed by atoms with Gasteiger partial charge in [0.2, 0.25) is 0 Å². The Morgan fingerprint density at radius 3 is 1.46 bits per heavy atom. The Bertz CT molecular complexity index is 84.2. The van der Waals surface area contributed by atoms with Crippen molar-refractivity contribution < 1.29 is 18.8 Å². The average Bonchev–Trinajstić information content (AvgIpc) is 2.06. The van der Waals surface area contributed by atoms with E-state index in [-0.39, 0.29) is 0 Å². The Hall–Kier alpha value is 1.25. The third-order valence-corrected chi connectivity index (χ3v) is 2.44. The molecule has 0 aromatic heterocycles. The van der Waals surface area contributed by atoms with Crippen LogP contribution in [0.15, 0.2) is 0 Å². The standard InChI is InChI=1S/C8H20N2S.ClH.Pt/c1-9(2)5-7-11-8-6-10(3)4;;/h5-8H2,1-4H3;1H;/q;;+2. The molecule has 84 valence electrons. The van der Waals surface area contributed by atoms with Crippen LogP contribution < -0.4 is 0 Å². The van der Waals surface area contributed by atoms with Gasteiger partial charge in [-0.2, -0.15) is 0 Å². The summed E-state index contributed by atoms with van der Waals surface area (Å²) >= 11 is 3.19. The van der Waals surface area contributed by atoms with E-state index in [1.807, 2.05) is 0 Å². The average molecular weight is 408 g/mol. The van der Waals surface area contributed by atoms with Gasteiger partial charge in [-0.3, -0.25) is 0 Å². The summed E-state index contributed by atoms with van der Waals surface area (Å²) in [5.41, 5.74) is 0.